The molecule has 0 unspecified atom stereocenters. The summed E-state index contributed by atoms with van der Waals surface area (Å²) in [6.07, 6.45) is 2.05. The average molecular weight is 329 g/mol. The Labute approximate surface area is 141 Å². The van der Waals surface area contributed by atoms with Crippen LogP contribution in [0.1, 0.15) is 46.9 Å². The van der Waals surface area contributed by atoms with E-state index in [0.717, 1.165) is 32.5 Å². The normalized spacial score (nSPS) is 18.8. The monoisotopic (exact) mass is 329 g/mol. The third kappa shape index (κ3) is 3.33. The first-order chi connectivity index (χ1) is 11.6. The van der Waals surface area contributed by atoms with E-state index in [-0.39, 0.29) is 36.7 Å². The van der Waals surface area contributed by atoms with Gasteiger partial charge >= 0.3 is 0 Å². The van der Waals surface area contributed by atoms with E-state index in [0.29, 0.717) is 11.1 Å². The molecule has 2 heterocycles. The van der Waals surface area contributed by atoms with Gasteiger partial charge in [0, 0.05) is 32.1 Å². The third-order valence-electron chi connectivity index (χ3n) is 4.84. The molecule has 0 bridgehead atoms. The van der Waals surface area contributed by atoms with Crippen molar-refractivity contribution in [1.82, 2.24) is 15.1 Å². The highest BCUT2D eigenvalue weighted by atomic mass is 16.2. The molecule has 0 spiro atoms. The minimum atomic E-state index is -0.306. The van der Waals surface area contributed by atoms with Crippen LogP contribution in [0.2, 0.25) is 0 Å². The lowest BCUT2D eigenvalue weighted by Crippen LogP contribution is -2.45. The molecule has 1 aromatic rings. The van der Waals surface area contributed by atoms with E-state index in [1.807, 2.05) is 0 Å². The highest BCUT2D eigenvalue weighted by molar-refractivity contribution is 6.21. The second-order valence-electron chi connectivity index (χ2n) is 6.33. The number of nitrogens with one attached hydrogen (secondary N) is 1. The van der Waals surface area contributed by atoms with Crippen LogP contribution in [0.4, 0.5) is 0 Å². The highest BCUT2D eigenvalue weighted by Gasteiger charge is 2.35. The van der Waals surface area contributed by atoms with Crippen LogP contribution in [0.3, 0.4) is 0 Å². The fraction of sp³-hybridized carbons (Fsp3) is 0.500. The number of piperidine rings is 1. The largest absolute Gasteiger partial charge is 0.353 e. The molecule has 0 aromatic heterocycles. The van der Waals surface area contributed by atoms with Gasteiger partial charge in [-0.2, -0.15) is 0 Å². The smallest absolute Gasteiger partial charge is 0.261 e. The van der Waals surface area contributed by atoms with Gasteiger partial charge in [0.05, 0.1) is 11.1 Å². The molecule has 6 heteroatoms. The predicted molar refractivity (Wildman–Crippen MR) is 89.7 cm³/mol. The molecule has 3 rings (SSSR count). The molecule has 6 nitrogen and oxygen atoms in total. The zero-order chi connectivity index (χ0) is 17.1. The Bertz CT molecular complexity index is 616. The Morgan fingerprint density at radius 2 is 1.71 bits per heavy atom. The molecule has 128 valence electrons. The number of rotatable bonds is 5. The predicted octanol–water partition coefficient (Wildman–Crippen LogP) is 1.27. The summed E-state index contributed by atoms with van der Waals surface area (Å²) in [5.74, 6) is -0.708. The number of amides is 3. The Morgan fingerprint density at radius 1 is 1.12 bits per heavy atom. The summed E-state index contributed by atoms with van der Waals surface area (Å²) < 4.78 is 0. The first-order valence-electron chi connectivity index (χ1n) is 8.57. The molecule has 1 aromatic carbocycles. The quantitative estimate of drug-likeness (QED) is 0.826. The van der Waals surface area contributed by atoms with Gasteiger partial charge in [0.15, 0.2) is 0 Å². The number of carbonyl (C=O) groups is 3. The van der Waals surface area contributed by atoms with Gasteiger partial charge in [-0.25, -0.2) is 0 Å². The zero-order valence-electron chi connectivity index (χ0n) is 14.0. The van der Waals surface area contributed by atoms with Crippen LogP contribution in [-0.4, -0.2) is 59.7 Å². The van der Waals surface area contributed by atoms with Crippen LogP contribution in [0.5, 0.6) is 0 Å². The first kappa shape index (κ1) is 16.6. The molecular weight excluding hydrogens is 306 g/mol. The topological polar surface area (TPSA) is 69.7 Å². The van der Waals surface area contributed by atoms with Crippen LogP contribution in [0.25, 0.3) is 0 Å². The van der Waals surface area contributed by atoms with Crippen molar-refractivity contribution in [2.75, 3.05) is 26.2 Å². The molecule has 24 heavy (non-hydrogen) atoms. The first-order valence-corrected chi connectivity index (χ1v) is 8.57. The summed E-state index contributed by atoms with van der Waals surface area (Å²) in [4.78, 5) is 40.2. The molecule has 2 aliphatic rings. The van der Waals surface area contributed by atoms with Crippen LogP contribution >= 0.6 is 0 Å². The molecule has 0 saturated carbocycles. The Hall–Kier alpha value is -2.21. The summed E-state index contributed by atoms with van der Waals surface area (Å²) in [6.45, 7) is 5.31. The minimum absolute atomic E-state index is 0.0958. The van der Waals surface area contributed by atoms with Crippen LogP contribution in [0, 0.1) is 0 Å². The summed E-state index contributed by atoms with van der Waals surface area (Å²) in [5, 5.41) is 3.02. The lowest BCUT2D eigenvalue weighted by Gasteiger charge is -2.31. The minimum Gasteiger partial charge on any atom is -0.353 e. The summed E-state index contributed by atoms with van der Waals surface area (Å²) >= 11 is 0. The maximum Gasteiger partial charge on any atom is 0.261 e. The molecule has 0 aliphatic carbocycles. The second-order valence-corrected chi connectivity index (χ2v) is 6.33. The van der Waals surface area contributed by atoms with Gasteiger partial charge in [0.1, 0.15) is 0 Å². The SMILES string of the molecule is CCN1CCC(NC(=O)CCN2C(=O)c3ccccc3C2=O)CC1. The average Bonchev–Trinajstić information content (AvgIpc) is 2.85. The fourth-order valence-corrected chi connectivity index (χ4v) is 3.35. The Kier molecular flexibility index (Phi) is 4.94. The number of likely N-dealkylation sites (tertiary alicyclic amines) is 1. The molecule has 0 radical (unpaired) electrons. The number of hydrogen-bond donors (Lipinski definition) is 1. The number of fused-ring (bicyclic) bond motifs is 1. The highest BCUT2D eigenvalue weighted by Crippen LogP contribution is 2.22. The molecule has 0 atom stereocenters. The van der Waals surface area contributed by atoms with Crippen molar-refractivity contribution in [3.8, 4) is 0 Å². The third-order valence-corrected chi connectivity index (χ3v) is 4.84. The van der Waals surface area contributed by atoms with E-state index in [9.17, 15) is 14.4 Å². The van der Waals surface area contributed by atoms with Crippen LogP contribution < -0.4 is 5.32 Å². The van der Waals surface area contributed by atoms with E-state index in [1.165, 1.54) is 4.90 Å². The number of benzene rings is 1. The molecule has 3 amide bonds. The van der Waals surface area contributed by atoms with Crippen molar-refractivity contribution >= 4 is 17.7 Å². The number of imide groups is 1. The van der Waals surface area contributed by atoms with Crippen molar-refractivity contribution in [2.45, 2.75) is 32.2 Å². The van der Waals surface area contributed by atoms with Crippen molar-refractivity contribution in [3.05, 3.63) is 35.4 Å². The lowest BCUT2D eigenvalue weighted by molar-refractivity contribution is -0.122. The van der Waals surface area contributed by atoms with Gasteiger partial charge in [0.2, 0.25) is 5.91 Å². The van der Waals surface area contributed by atoms with Gasteiger partial charge in [-0.15, -0.1) is 0 Å². The standard InChI is InChI=1S/C18H23N3O3/c1-2-20-10-7-13(8-11-20)19-16(22)9-12-21-17(23)14-5-3-4-6-15(14)18(21)24/h3-6,13H,2,7-12H2,1H3,(H,19,22). The fourth-order valence-electron chi connectivity index (χ4n) is 3.35. The number of nitrogens with zero attached hydrogens (tertiary/aromatic N) is 2. The Balaban J connectivity index is 1.49. The van der Waals surface area contributed by atoms with E-state index in [2.05, 4.69) is 17.1 Å². The van der Waals surface area contributed by atoms with Crippen LogP contribution in [0.15, 0.2) is 24.3 Å². The maximum atomic E-state index is 12.2. The summed E-state index contributed by atoms with van der Waals surface area (Å²) in [5.41, 5.74) is 0.852. The second kappa shape index (κ2) is 7.13. The maximum absolute atomic E-state index is 12.2. The molecular formula is C18H23N3O3. The number of hydrogen-bond acceptors (Lipinski definition) is 4. The summed E-state index contributed by atoms with van der Waals surface area (Å²) in [6, 6.07) is 6.97. The molecule has 1 fully saturated rings. The van der Waals surface area contributed by atoms with Crippen molar-refractivity contribution < 1.29 is 14.4 Å². The molecule has 2 aliphatic heterocycles. The zero-order valence-corrected chi connectivity index (χ0v) is 14.0. The molecule has 1 saturated heterocycles. The van der Waals surface area contributed by atoms with Gasteiger partial charge in [-0.05, 0) is 31.5 Å². The van der Waals surface area contributed by atoms with Crippen molar-refractivity contribution in [2.24, 2.45) is 0 Å². The van der Waals surface area contributed by atoms with Crippen molar-refractivity contribution in [3.63, 3.8) is 0 Å². The number of carbonyl (C=O) groups excluding carboxylic acids is 3. The molecule has 1 N–H and O–H groups in total. The van der Waals surface area contributed by atoms with Gasteiger partial charge in [-0.1, -0.05) is 19.1 Å². The van der Waals surface area contributed by atoms with Crippen LogP contribution in [-0.2, 0) is 4.79 Å². The van der Waals surface area contributed by atoms with E-state index in [4.69, 9.17) is 0 Å². The van der Waals surface area contributed by atoms with Gasteiger partial charge < -0.3 is 10.2 Å². The lowest BCUT2D eigenvalue weighted by atomic mass is 10.0. The van der Waals surface area contributed by atoms with E-state index < -0.39 is 0 Å². The van der Waals surface area contributed by atoms with E-state index >= 15 is 0 Å². The Morgan fingerprint density at radius 3 is 2.25 bits per heavy atom. The van der Waals surface area contributed by atoms with Crippen molar-refractivity contribution in [1.29, 1.82) is 0 Å². The van der Waals surface area contributed by atoms with Gasteiger partial charge in [-0.3, -0.25) is 19.3 Å². The van der Waals surface area contributed by atoms with E-state index in [1.54, 1.807) is 24.3 Å². The summed E-state index contributed by atoms with van der Waals surface area (Å²) in [7, 11) is 0. The van der Waals surface area contributed by atoms with Gasteiger partial charge in [0.25, 0.3) is 11.8 Å².